The number of nitrogens with zero attached hydrogens (tertiary/aromatic N) is 4. The van der Waals surface area contributed by atoms with Crippen LogP contribution < -0.4 is 27.0 Å². The number of benzene rings is 1. The predicted molar refractivity (Wildman–Crippen MR) is 183 cm³/mol. The Balaban J connectivity index is 1.12. The van der Waals surface area contributed by atoms with Gasteiger partial charge in [0.05, 0.1) is 29.6 Å². The molecule has 6 N–H and O–H groups in total. The fourth-order valence-electron chi connectivity index (χ4n) is 7.41. The van der Waals surface area contributed by atoms with Crippen molar-refractivity contribution in [1.82, 2.24) is 25.0 Å². The van der Waals surface area contributed by atoms with E-state index in [0.29, 0.717) is 44.2 Å². The number of carbonyl (C=O) groups is 3. The highest BCUT2D eigenvalue weighted by Crippen LogP contribution is 2.40. The van der Waals surface area contributed by atoms with E-state index in [4.69, 9.17) is 11.5 Å². The first-order chi connectivity index (χ1) is 23.1. The van der Waals surface area contributed by atoms with Gasteiger partial charge in [-0.25, -0.2) is 8.78 Å². The van der Waals surface area contributed by atoms with Crippen LogP contribution in [0.25, 0.3) is 10.9 Å². The van der Waals surface area contributed by atoms with Gasteiger partial charge < -0.3 is 31.2 Å². The van der Waals surface area contributed by atoms with Crippen molar-refractivity contribution in [2.24, 2.45) is 17.4 Å². The number of amides is 3. The summed E-state index contributed by atoms with van der Waals surface area (Å²) in [5, 5.41) is 5.99. The van der Waals surface area contributed by atoms with Crippen LogP contribution in [-0.4, -0.2) is 90.9 Å². The van der Waals surface area contributed by atoms with Crippen molar-refractivity contribution < 1.29 is 23.2 Å². The number of anilines is 1. The maximum absolute atomic E-state index is 15.8. The summed E-state index contributed by atoms with van der Waals surface area (Å²) in [6, 6.07) is 6.70. The number of nitrogens with two attached hydrogens (primary N) is 2. The van der Waals surface area contributed by atoms with E-state index in [2.05, 4.69) is 15.5 Å². The molecule has 0 bridgehead atoms. The van der Waals surface area contributed by atoms with Gasteiger partial charge in [-0.1, -0.05) is 25.3 Å². The van der Waals surface area contributed by atoms with E-state index in [1.165, 1.54) is 6.42 Å². The van der Waals surface area contributed by atoms with Gasteiger partial charge in [0.15, 0.2) is 0 Å². The quantitative estimate of drug-likeness (QED) is 0.153. The molecule has 1 aliphatic carbocycles. The van der Waals surface area contributed by atoms with Gasteiger partial charge in [-0.3, -0.25) is 24.6 Å². The molecule has 1 aromatic heterocycles. The zero-order valence-electron chi connectivity index (χ0n) is 27.9. The molecule has 3 aliphatic rings. The largest absolute Gasteiger partial charge is 0.394 e. The van der Waals surface area contributed by atoms with Gasteiger partial charge in [-0.2, -0.15) is 0 Å². The first-order valence-electron chi connectivity index (χ1n) is 17.2. The molecule has 11 nitrogen and oxygen atoms in total. The molecule has 2 aromatic rings. The first-order valence-corrected chi connectivity index (χ1v) is 17.2. The minimum Gasteiger partial charge on any atom is -0.394 e. The highest BCUT2D eigenvalue weighted by atomic mass is 19.3. The fourth-order valence-corrected chi connectivity index (χ4v) is 7.41. The molecule has 1 unspecified atom stereocenters. The average Bonchev–Trinajstić information content (AvgIpc) is 3.50. The van der Waals surface area contributed by atoms with Crippen LogP contribution >= 0.6 is 0 Å². The molecule has 1 saturated carbocycles. The zero-order chi connectivity index (χ0) is 34.3. The molecule has 2 aliphatic heterocycles. The molecular formula is C35H50F2N8O3. The fraction of sp³-hybridized carbons (Fsp3) is 0.571. The highest BCUT2D eigenvalue weighted by molar-refractivity contribution is 5.94. The third-order valence-electron chi connectivity index (χ3n) is 10.2. The summed E-state index contributed by atoms with van der Waals surface area (Å²) in [6.45, 7) is 2.72. The Morgan fingerprint density at radius 2 is 1.77 bits per heavy atom. The summed E-state index contributed by atoms with van der Waals surface area (Å²) >= 11 is 0. The highest BCUT2D eigenvalue weighted by Gasteiger charge is 2.46. The van der Waals surface area contributed by atoms with Crippen molar-refractivity contribution in [3.05, 3.63) is 54.1 Å². The Morgan fingerprint density at radius 1 is 1.02 bits per heavy atom. The number of rotatable bonds is 12. The number of carbonyl (C=O) groups excluding carboxylic acids is 3. The van der Waals surface area contributed by atoms with Crippen molar-refractivity contribution in [2.45, 2.75) is 75.8 Å². The standard InChI is InChI=1S/C35H50F2N8O3/c1-42(17-16-33(47)40-24-46)29-8-5-9-30-27(29)14-21-45(30)31-15-18-43(23-35(31,36)37)22-25-12-19-44(20-13-25)32(39)11-10-28(38)34(48)41-26-6-3-2-4-7-26/h5,8-11,14,21,24-26,31H,2-4,6-7,12-13,15-20,22-23,38-39H2,1H3,(H,41,48)(H,40,46,47)/b28-10-,32-11+. The summed E-state index contributed by atoms with van der Waals surface area (Å²) in [5.41, 5.74) is 14.1. The van der Waals surface area contributed by atoms with E-state index in [-0.39, 0.29) is 36.5 Å². The summed E-state index contributed by atoms with van der Waals surface area (Å²) in [4.78, 5) is 40.6. The van der Waals surface area contributed by atoms with E-state index in [9.17, 15) is 14.4 Å². The van der Waals surface area contributed by atoms with Crippen LogP contribution in [0.15, 0.2) is 54.1 Å². The molecule has 0 spiro atoms. The summed E-state index contributed by atoms with van der Waals surface area (Å²) in [7, 11) is 1.84. The molecule has 48 heavy (non-hydrogen) atoms. The average molecular weight is 669 g/mol. The lowest BCUT2D eigenvalue weighted by Gasteiger charge is -2.42. The molecule has 5 rings (SSSR count). The SMILES string of the molecule is CN(CCC(=O)NC=O)c1cccc2c1ccn2C1CCN(CC2CCN(/C(N)=C/C=C(\N)C(=O)NC3CCCCC3)CC2)CC1(F)F. The van der Waals surface area contributed by atoms with Gasteiger partial charge in [0, 0.05) is 69.5 Å². The van der Waals surface area contributed by atoms with Crippen LogP contribution in [0.2, 0.25) is 0 Å². The third-order valence-corrected chi connectivity index (χ3v) is 10.2. The number of fused-ring (bicyclic) bond motifs is 1. The lowest BCUT2D eigenvalue weighted by Crippen LogP contribution is -2.51. The molecule has 0 radical (unpaired) electrons. The van der Waals surface area contributed by atoms with Gasteiger partial charge in [-0.05, 0) is 68.4 Å². The van der Waals surface area contributed by atoms with E-state index in [0.717, 1.165) is 68.2 Å². The summed E-state index contributed by atoms with van der Waals surface area (Å²) < 4.78 is 33.3. The molecule has 1 aromatic carbocycles. The Morgan fingerprint density at radius 3 is 2.48 bits per heavy atom. The maximum Gasteiger partial charge on any atom is 0.280 e. The van der Waals surface area contributed by atoms with Crippen LogP contribution in [0.5, 0.6) is 0 Å². The van der Waals surface area contributed by atoms with Gasteiger partial charge >= 0.3 is 0 Å². The van der Waals surface area contributed by atoms with Gasteiger partial charge in [0.2, 0.25) is 12.3 Å². The summed E-state index contributed by atoms with van der Waals surface area (Å²) in [5.74, 6) is -2.71. The Bertz CT molecular complexity index is 1490. The number of allylic oxidation sites excluding steroid dienone is 2. The van der Waals surface area contributed by atoms with Crippen LogP contribution in [-0.2, 0) is 14.4 Å². The second-order valence-electron chi connectivity index (χ2n) is 13.5. The van der Waals surface area contributed by atoms with Crippen LogP contribution in [0, 0.1) is 5.92 Å². The smallest absolute Gasteiger partial charge is 0.280 e. The van der Waals surface area contributed by atoms with Crippen molar-refractivity contribution in [3.63, 3.8) is 0 Å². The predicted octanol–water partition coefficient (Wildman–Crippen LogP) is 3.43. The number of nitrogens with one attached hydrogen (secondary N) is 2. The number of halogens is 2. The molecule has 3 heterocycles. The number of hydrogen-bond donors (Lipinski definition) is 4. The van der Waals surface area contributed by atoms with E-state index in [1.807, 2.05) is 41.1 Å². The normalized spacial score (nSPS) is 21.6. The van der Waals surface area contributed by atoms with E-state index < -0.39 is 12.0 Å². The molecule has 3 amide bonds. The van der Waals surface area contributed by atoms with Crippen molar-refractivity contribution >= 4 is 34.8 Å². The number of piperidine rings is 2. The minimum atomic E-state index is -2.91. The number of alkyl halides is 2. The van der Waals surface area contributed by atoms with Crippen molar-refractivity contribution in [1.29, 1.82) is 0 Å². The number of imide groups is 1. The number of likely N-dealkylation sites (tertiary alicyclic amines) is 2. The van der Waals surface area contributed by atoms with Crippen molar-refractivity contribution in [2.75, 3.05) is 51.2 Å². The molecule has 3 fully saturated rings. The Labute approximate surface area is 281 Å². The lowest BCUT2D eigenvalue weighted by atomic mass is 9.93. The number of hydrogen-bond acceptors (Lipinski definition) is 8. The minimum absolute atomic E-state index is 0.138. The van der Waals surface area contributed by atoms with Gasteiger partial charge in [0.25, 0.3) is 11.8 Å². The third kappa shape index (κ3) is 8.66. The second kappa shape index (κ2) is 15.8. The van der Waals surface area contributed by atoms with E-state index in [1.54, 1.807) is 22.9 Å². The summed E-state index contributed by atoms with van der Waals surface area (Å²) in [6.07, 6.45) is 13.0. The van der Waals surface area contributed by atoms with E-state index >= 15 is 8.78 Å². The van der Waals surface area contributed by atoms with Crippen LogP contribution in [0.1, 0.15) is 63.8 Å². The molecule has 1 atom stereocenters. The van der Waals surface area contributed by atoms with Crippen molar-refractivity contribution in [3.8, 4) is 0 Å². The Hall–Kier alpha value is -4.13. The molecular weight excluding hydrogens is 618 g/mol. The maximum atomic E-state index is 15.8. The molecule has 13 heteroatoms. The van der Waals surface area contributed by atoms with Crippen LogP contribution in [0.3, 0.4) is 0 Å². The number of aromatic nitrogens is 1. The zero-order valence-corrected chi connectivity index (χ0v) is 27.9. The topological polar surface area (TPSA) is 142 Å². The second-order valence-corrected chi connectivity index (χ2v) is 13.5. The van der Waals surface area contributed by atoms with Gasteiger partial charge in [0.1, 0.15) is 0 Å². The first kappa shape index (κ1) is 35.2. The lowest BCUT2D eigenvalue weighted by molar-refractivity contribution is -0.125. The monoisotopic (exact) mass is 668 g/mol. The Kier molecular flexibility index (Phi) is 11.6. The van der Waals surface area contributed by atoms with Crippen LogP contribution in [0.4, 0.5) is 14.5 Å². The van der Waals surface area contributed by atoms with Gasteiger partial charge in [-0.15, -0.1) is 0 Å². The molecule has 262 valence electrons. The molecule has 2 saturated heterocycles.